The zero-order valence-electron chi connectivity index (χ0n) is 16.5. The van der Waals surface area contributed by atoms with E-state index in [0.717, 1.165) is 5.01 Å². The lowest BCUT2D eigenvalue weighted by Gasteiger charge is -2.12. The lowest BCUT2D eigenvalue weighted by Crippen LogP contribution is -2.19. The van der Waals surface area contributed by atoms with Crippen LogP contribution in [0, 0.1) is 0 Å². The van der Waals surface area contributed by atoms with Crippen LogP contribution in [0.4, 0.5) is 15.6 Å². The minimum absolute atomic E-state index is 0.00783. The number of ketones is 1. The van der Waals surface area contributed by atoms with Gasteiger partial charge >= 0.3 is 6.03 Å². The molecule has 0 aliphatic heterocycles. The SMILES string of the molecule is CC(=O)c1ccc(Oc2ccc(NC(=O)Nc3nnc(C(C)(C)C)s3)cn2)cc1. The maximum atomic E-state index is 12.1. The molecule has 0 aliphatic carbocycles. The molecule has 2 aromatic heterocycles. The van der Waals surface area contributed by atoms with Gasteiger partial charge in [-0.2, -0.15) is 0 Å². The van der Waals surface area contributed by atoms with Crippen molar-refractivity contribution in [2.24, 2.45) is 0 Å². The molecule has 0 saturated heterocycles. The number of nitrogens with one attached hydrogen (secondary N) is 2. The van der Waals surface area contributed by atoms with Crippen molar-refractivity contribution in [1.29, 1.82) is 0 Å². The fraction of sp³-hybridized carbons (Fsp3) is 0.250. The minimum atomic E-state index is -0.433. The lowest BCUT2D eigenvalue weighted by atomic mass is 9.98. The minimum Gasteiger partial charge on any atom is -0.439 e. The van der Waals surface area contributed by atoms with E-state index in [1.54, 1.807) is 36.4 Å². The molecule has 0 bridgehead atoms. The van der Waals surface area contributed by atoms with Crippen LogP contribution in [0.1, 0.15) is 43.1 Å². The largest absolute Gasteiger partial charge is 0.439 e. The molecule has 1 aromatic carbocycles. The van der Waals surface area contributed by atoms with Crippen LogP contribution in [-0.2, 0) is 5.41 Å². The highest BCUT2D eigenvalue weighted by Gasteiger charge is 2.20. The molecule has 0 spiro atoms. The number of benzene rings is 1. The molecule has 0 unspecified atom stereocenters. The van der Waals surface area contributed by atoms with Crippen LogP contribution in [0.2, 0.25) is 0 Å². The second kappa shape index (κ2) is 8.36. The number of amides is 2. The third-order valence-electron chi connectivity index (χ3n) is 3.76. The van der Waals surface area contributed by atoms with Gasteiger partial charge in [-0.1, -0.05) is 32.1 Å². The maximum Gasteiger partial charge on any atom is 0.325 e. The molecule has 0 aliphatic rings. The molecule has 0 saturated carbocycles. The number of carbonyl (C=O) groups excluding carboxylic acids is 2. The van der Waals surface area contributed by atoms with E-state index in [1.807, 2.05) is 20.8 Å². The van der Waals surface area contributed by atoms with Gasteiger partial charge in [0.1, 0.15) is 10.8 Å². The molecule has 2 N–H and O–H groups in total. The smallest absolute Gasteiger partial charge is 0.325 e. The molecule has 150 valence electrons. The Labute approximate surface area is 172 Å². The number of anilines is 2. The number of ether oxygens (including phenoxy) is 1. The van der Waals surface area contributed by atoms with Gasteiger partial charge in [0.25, 0.3) is 0 Å². The van der Waals surface area contributed by atoms with E-state index in [2.05, 4.69) is 25.8 Å². The Morgan fingerprint density at radius 2 is 1.72 bits per heavy atom. The van der Waals surface area contributed by atoms with Gasteiger partial charge in [0.05, 0.1) is 11.9 Å². The number of Topliss-reactive ketones (excluding diaryl/α,β-unsaturated/α-hetero) is 1. The zero-order valence-corrected chi connectivity index (χ0v) is 17.3. The Hall–Kier alpha value is -3.33. The van der Waals surface area contributed by atoms with Crippen LogP contribution in [0.15, 0.2) is 42.6 Å². The molecule has 3 aromatic rings. The summed E-state index contributed by atoms with van der Waals surface area (Å²) in [5.41, 5.74) is 0.989. The van der Waals surface area contributed by atoms with E-state index in [-0.39, 0.29) is 11.2 Å². The Morgan fingerprint density at radius 3 is 2.28 bits per heavy atom. The van der Waals surface area contributed by atoms with Crippen LogP contribution < -0.4 is 15.4 Å². The summed E-state index contributed by atoms with van der Waals surface area (Å²) in [7, 11) is 0. The first-order valence-electron chi connectivity index (χ1n) is 8.87. The van der Waals surface area contributed by atoms with Gasteiger partial charge in [-0.05, 0) is 37.3 Å². The molecule has 9 heteroatoms. The van der Waals surface area contributed by atoms with Crippen molar-refractivity contribution < 1.29 is 14.3 Å². The average molecular weight is 411 g/mol. The van der Waals surface area contributed by atoms with Crippen molar-refractivity contribution in [3.8, 4) is 11.6 Å². The highest BCUT2D eigenvalue weighted by molar-refractivity contribution is 7.15. The van der Waals surface area contributed by atoms with Crippen LogP contribution in [0.3, 0.4) is 0 Å². The van der Waals surface area contributed by atoms with Gasteiger partial charge in [0.15, 0.2) is 5.78 Å². The molecular weight excluding hydrogens is 390 g/mol. The summed E-state index contributed by atoms with van der Waals surface area (Å²) in [6.45, 7) is 7.60. The molecule has 2 heterocycles. The van der Waals surface area contributed by atoms with Crippen LogP contribution >= 0.6 is 11.3 Å². The number of nitrogens with zero attached hydrogens (tertiary/aromatic N) is 3. The normalized spacial score (nSPS) is 11.0. The average Bonchev–Trinajstić information content (AvgIpc) is 3.12. The summed E-state index contributed by atoms with van der Waals surface area (Å²) in [5.74, 6) is 0.920. The van der Waals surface area contributed by atoms with Crippen LogP contribution in [0.5, 0.6) is 11.6 Å². The summed E-state index contributed by atoms with van der Waals surface area (Å²) >= 11 is 1.33. The quantitative estimate of drug-likeness (QED) is 0.580. The van der Waals surface area contributed by atoms with Gasteiger partial charge < -0.3 is 10.1 Å². The summed E-state index contributed by atoms with van der Waals surface area (Å²) in [6.07, 6.45) is 1.49. The second-order valence-electron chi connectivity index (χ2n) is 7.31. The highest BCUT2D eigenvalue weighted by atomic mass is 32.1. The van der Waals surface area contributed by atoms with Crippen molar-refractivity contribution in [2.45, 2.75) is 33.1 Å². The number of urea groups is 1. The first-order chi connectivity index (χ1) is 13.7. The Bertz CT molecular complexity index is 1010. The summed E-state index contributed by atoms with van der Waals surface area (Å²) in [6, 6.07) is 9.66. The molecule has 29 heavy (non-hydrogen) atoms. The summed E-state index contributed by atoms with van der Waals surface area (Å²) in [4.78, 5) is 27.6. The van der Waals surface area contributed by atoms with E-state index in [4.69, 9.17) is 4.74 Å². The fourth-order valence-electron chi connectivity index (χ4n) is 2.23. The predicted octanol–water partition coefficient (Wildman–Crippen LogP) is 4.87. The van der Waals surface area contributed by atoms with Crippen molar-refractivity contribution in [3.63, 3.8) is 0 Å². The fourth-order valence-corrected chi connectivity index (χ4v) is 3.03. The topological polar surface area (TPSA) is 106 Å². The number of carbonyl (C=O) groups is 2. The molecule has 8 nitrogen and oxygen atoms in total. The lowest BCUT2D eigenvalue weighted by molar-refractivity contribution is 0.101. The molecular formula is C20H21N5O3S. The first-order valence-corrected chi connectivity index (χ1v) is 9.69. The summed E-state index contributed by atoms with van der Waals surface area (Å²) in [5, 5.41) is 14.7. The van der Waals surface area contributed by atoms with E-state index in [9.17, 15) is 9.59 Å². The predicted molar refractivity (Wildman–Crippen MR) is 112 cm³/mol. The van der Waals surface area contributed by atoms with Gasteiger partial charge in [-0.3, -0.25) is 10.1 Å². The molecule has 3 rings (SSSR count). The van der Waals surface area contributed by atoms with Crippen molar-refractivity contribution in [2.75, 3.05) is 10.6 Å². The summed E-state index contributed by atoms with van der Waals surface area (Å²) < 4.78 is 5.64. The maximum absolute atomic E-state index is 12.1. The van der Waals surface area contributed by atoms with Gasteiger partial charge in [-0.25, -0.2) is 9.78 Å². The molecule has 0 atom stereocenters. The third kappa shape index (κ3) is 5.58. The number of aromatic nitrogens is 3. The third-order valence-corrected chi connectivity index (χ3v) is 5.03. The Kier molecular flexibility index (Phi) is 5.88. The van der Waals surface area contributed by atoms with Crippen LogP contribution in [-0.4, -0.2) is 27.0 Å². The van der Waals surface area contributed by atoms with Crippen molar-refractivity contribution >= 4 is 34.0 Å². The second-order valence-corrected chi connectivity index (χ2v) is 8.29. The molecule has 0 radical (unpaired) electrons. The zero-order chi connectivity index (χ0) is 21.0. The monoisotopic (exact) mass is 411 g/mol. The molecule has 0 fully saturated rings. The van der Waals surface area contributed by atoms with Crippen molar-refractivity contribution in [3.05, 3.63) is 53.2 Å². The van der Waals surface area contributed by atoms with Gasteiger partial charge in [0, 0.05) is 17.0 Å². The molecule has 2 amide bonds. The highest BCUT2D eigenvalue weighted by Crippen LogP contribution is 2.27. The number of hydrogen-bond donors (Lipinski definition) is 2. The van der Waals surface area contributed by atoms with Crippen molar-refractivity contribution in [1.82, 2.24) is 15.2 Å². The standard InChI is InChI=1S/C20H21N5O3S/c1-12(26)13-5-8-15(9-6-13)28-16-10-7-14(11-21-16)22-18(27)23-19-25-24-17(29-19)20(2,3)4/h5-11H,1-4H3,(H2,22,23,25,27). The first kappa shape index (κ1) is 20.4. The van der Waals surface area contributed by atoms with Gasteiger partial charge in [0.2, 0.25) is 11.0 Å². The van der Waals surface area contributed by atoms with Gasteiger partial charge in [-0.15, -0.1) is 10.2 Å². The van der Waals surface area contributed by atoms with E-state index in [1.165, 1.54) is 24.5 Å². The number of hydrogen-bond acceptors (Lipinski definition) is 7. The van der Waals surface area contributed by atoms with E-state index < -0.39 is 6.03 Å². The Balaban J connectivity index is 1.56. The Morgan fingerprint density at radius 1 is 1.00 bits per heavy atom. The number of pyridine rings is 1. The van der Waals surface area contributed by atoms with E-state index in [0.29, 0.717) is 28.0 Å². The number of rotatable bonds is 5. The van der Waals surface area contributed by atoms with E-state index >= 15 is 0 Å². The van der Waals surface area contributed by atoms with Crippen LogP contribution in [0.25, 0.3) is 0 Å².